The van der Waals surface area contributed by atoms with Crippen LogP contribution in [0.3, 0.4) is 0 Å². The summed E-state index contributed by atoms with van der Waals surface area (Å²) in [4.78, 5) is 26.9. The van der Waals surface area contributed by atoms with Crippen molar-refractivity contribution in [3.05, 3.63) is 101 Å². The average molecular weight is 468 g/mol. The van der Waals surface area contributed by atoms with E-state index in [2.05, 4.69) is 69.9 Å². The molecule has 0 radical (unpaired) electrons. The van der Waals surface area contributed by atoms with Gasteiger partial charge in [0, 0.05) is 34.9 Å². The number of hydrogen-bond donors (Lipinski definition) is 1. The molecule has 1 amide bonds. The van der Waals surface area contributed by atoms with Crippen molar-refractivity contribution in [3.63, 3.8) is 0 Å². The van der Waals surface area contributed by atoms with Crippen LogP contribution >= 0.6 is 0 Å². The van der Waals surface area contributed by atoms with Gasteiger partial charge in [-0.1, -0.05) is 100 Å². The summed E-state index contributed by atoms with van der Waals surface area (Å²) in [5.74, 6) is 0.295. The van der Waals surface area contributed by atoms with Crippen LogP contribution in [0.25, 0.3) is 5.57 Å². The van der Waals surface area contributed by atoms with Crippen molar-refractivity contribution >= 4 is 17.3 Å². The van der Waals surface area contributed by atoms with E-state index in [4.69, 9.17) is 0 Å². The van der Waals surface area contributed by atoms with Crippen LogP contribution in [0.15, 0.2) is 78.4 Å². The van der Waals surface area contributed by atoms with Gasteiger partial charge in [-0.3, -0.25) is 9.59 Å². The maximum Gasteiger partial charge on any atom is 0.223 e. The predicted molar refractivity (Wildman–Crippen MR) is 144 cm³/mol. The molecule has 1 N–H and O–H groups in total. The number of carbonyl (C=O) groups excluding carboxylic acids is 2. The van der Waals surface area contributed by atoms with E-state index < -0.39 is 0 Å². The molecule has 4 rings (SSSR count). The highest BCUT2D eigenvalue weighted by molar-refractivity contribution is 6.12. The molecule has 3 nitrogen and oxygen atoms in total. The minimum Gasteiger partial charge on any atom is -0.352 e. The highest BCUT2D eigenvalue weighted by atomic mass is 16.2. The molecule has 0 saturated heterocycles. The number of hydrogen-bond acceptors (Lipinski definition) is 2. The topological polar surface area (TPSA) is 46.2 Å². The Labute approximate surface area is 210 Å². The van der Waals surface area contributed by atoms with Gasteiger partial charge in [0.1, 0.15) is 0 Å². The Balaban J connectivity index is 1.56. The lowest BCUT2D eigenvalue weighted by Crippen LogP contribution is -2.39. The van der Waals surface area contributed by atoms with Gasteiger partial charge in [-0.25, -0.2) is 0 Å². The van der Waals surface area contributed by atoms with Crippen molar-refractivity contribution in [3.8, 4) is 0 Å². The first-order chi connectivity index (χ1) is 16.7. The van der Waals surface area contributed by atoms with E-state index in [1.54, 1.807) is 0 Å². The summed E-state index contributed by atoms with van der Waals surface area (Å²) in [5, 5.41) is 3.16. The number of Topliss-reactive ketones (excluding diaryl/α,β-unsaturated/α-hetero) is 1. The molecular weight excluding hydrogens is 430 g/mol. The second-order valence-electron chi connectivity index (χ2n) is 10.6. The maximum atomic E-state index is 13.6. The molecule has 0 fully saturated rings. The van der Waals surface area contributed by atoms with Gasteiger partial charge < -0.3 is 5.32 Å². The molecule has 2 aromatic carbocycles. The zero-order valence-electron chi connectivity index (χ0n) is 21.7. The zero-order chi connectivity index (χ0) is 25.3. The fourth-order valence-corrected chi connectivity index (χ4v) is 5.58. The quantitative estimate of drug-likeness (QED) is 0.424. The lowest BCUT2D eigenvalue weighted by molar-refractivity contribution is -0.126. The Morgan fingerprint density at radius 1 is 1.11 bits per heavy atom. The molecule has 0 spiro atoms. The van der Waals surface area contributed by atoms with Crippen LogP contribution in [-0.2, 0) is 10.2 Å². The smallest absolute Gasteiger partial charge is 0.223 e. The SMILES string of the molecule is C=CC1C=C(C[C@H](C(=O)NCC2=C(C)C(C)(C)c3ccccc3C2=O)C(C)CC)c2ccccc21. The van der Waals surface area contributed by atoms with E-state index in [0.29, 0.717) is 12.0 Å². The Morgan fingerprint density at radius 2 is 1.77 bits per heavy atom. The lowest BCUT2D eigenvalue weighted by atomic mass is 9.69. The summed E-state index contributed by atoms with van der Waals surface area (Å²) in [7, 11) is 0. The van der Waals surface area contributed by atoms with Crippen LogP contribution in [0.4, 0.5) is 0 Å². The molecule has 2 aliphatic carbocycles. The van der Waals surface area contributed by atoms with Gasteiger partial charge in [0.05, 0.1) is 0 Å². The normalized spacial score (nSPS) is 20.0. The van der Waals surface area contributed by atoms with Gasteiger partial charge in [0.25, 0.3) is 0 Å². The largest absolute Gasteiger partial charge is 0.352 e. The third-order valence-electron chi connectivity index (χ3n) is 8.36. The van der Waals surface area contributed by atoms with E-state index >= 15 is 0 Å². The molecule has 0 aliphatic heterocycles. The summed E-state index contributed by atoms with van der Waals surface area (Å²) in [6, 6.07) is 16.2. The van der Waals surface area contributed by atoms with Crippen LogP contribution in [0.1, 0.15) is 80.4 Å². The molecule has 0 saturated carbocycles. The van der Waals surface area contributed by atoms with Crippen LogP contribution in [0, 0.1) is 11.8 Å². The highest BCUT2D eigenvalue weighted by Crippen LogP contribution is 2.42. The second kappa shape index (κ2) is 9.81. The van der Waals surface area contributed by atoms with E-state index in [0.717, 1.165) is 23.1 Å². The third-order valence-corrected chi connectivity index (χ3v) is 8.36. The fraction of sp³-hybridized carbons (Fsp3) is 0.375. The zero-order valence-corrected chi connectivity index (χ0v) is 21.7. The van der Waals surface area contributed by atoms with Crippen molar-refractivity contribution in [2.75, 3.05) is 6.54 Å². The van der Waals surface area contributed by atoms with Gasteiger partial charge in [0.2, 0.25) is 5.91 Å². The van der Waals surface area contributed by atoms with Crippen LogP contribution in [0.2, 0.25) is 0 Å². The molecular formula is C32H37NO2. The van der Waals surface area contributed by atoms with Crippen molar-refractivity contribution in [1.29, 1.82) is 0 Å². The Bertz CT molecular complexity index is 1230. The van der Waals surface area contributed by atoms with E-state index in [9.17, 15) is 9.59 Å². The Morgan fingerprint density at radius 3 is 2.46 bits per heavy atom. The first-order valence-corrected chi connectivity index (χ1v) is 12.7. The summed E-state index contributed by atoms with van der Waals surface area (Å²) in [6.45, 7) is 14.9. The Kier molecular flexibility index (Phi) is 6.98. The first kappa shape index (κ1) is 24.9. The molecule has 2 aliphatic rings. The second-order valence-corrected chi connectivity index (χ2v) is 10.6. The van der Waals surface area contributed by atoms with Gasteiger partial charge in [-0.05, 0) is 41.5 Å². The van der Waals surface area contributed by atoms with Gasteiger partial charge in [-0.2, -0.15) is 0 Å². The highest BCUT2D eigenvalue weighted by Gasteiger charge is 2.37. The van der Waals surface area contributed by atoms with Crippen molar-refractivity contribution in [1.82, 2.24) is 5.32 Å². The molecule has 2 unspecified atom stereocenters. The predicted octanol–water partition coefficient (Wildman–Crippen LogP) is 7.01. The maximum absolute atomic E-state index is 13.6. The monoisotopic (exact) mass is 467 g/mol. The summed E-state index contributed by atoms with van der Waals surface area (Å²) >= 11 is 0. The number of allylic oxidation sites excluding steroid dienone is 4. The molecule has 2 aromatic rings. The molecule has 3 atom stereocenters. The molecule has 3 heteroatoms. The number of benzene rings is 2. The third kappa shape index (κ3) is 4.45. The molecule has 0 aromatic heterocycles. The first-order valence-electron chi connectivity index (χ1n) is 12.7. The van der Waals surface area contributed by atoms with Crippen LogP contribution < -0.4 is 5.32 Å². The summed E-state index contributed by atoms with van der Waals surface area (Å²) in [5.41, 5.74) is 6.98. The minimum atomic E-state index is -0.251. The minimum absolute atomic E-state index is 0.0181. The van der Waals surface area contributed by atoms with Crippen molar-refractivity contribution < 1.29 is 9.59 Å². The van der Waals surface area contributed by atoms with E-state index in [-0.39, 0.29) is 41.4 Å². The van der Waals surface area contributed by atoms with Crippen molar-refractivity contribution in [2.45, 2.75) is 58.8 Å². The van der Waals surface area contributed by atoms with E-state index in [1.807, 2.05) is 37.3 Å². The van der Waals surface area contributed by atoms with Crippen LogP contribution in [0.5, 0.6) is 0 Å². The molecule has 35 heavy (non-hydrogen) atoms. The van der Waals surface area contributed by atoms with E-state index in [1.165, 1.54) is 16.7 Å². The van der Waals surface area contributed by atoms with Gasteiger partial charge >= 0.3 is 0 Å². The average Bonchev–Trinajstić information content (AvgIpc) is 3.23. The van der Waals surface area contributed by atoms with Gasteiger partial charge in [0.15, 0.2) is 5.78 Å². The van der Waals surface area contributed by atoms with Gasteiger partial charge in [-0.15, -0.1) is 6.58 Å². The van der Waals surface area contributed by atoms with Crippen LogP contribution in [-0.4, -0.2) is 18.2 Å². The standard InChI is InChI=1S/C32H37NO2/c1-7-20(3)27(18-23-17-22(8-2)24-13-9-10-14-25(23)24)31(35)33-19-28-21(4)32(5,6)29-16-12-11-15-26(29)30(28)34/h8-17,20,22,27H,2,7,18-19H2,1,3-6H3,(H,33,35)/t20?,22?,27-/m0/s1. The number of nitrogens with one attached hydrogen (secondary N) is 1. The number of ketones is 1. The summed E-state index contributed by atoms with van der Waals surface area (Å²) in [6.07, 6.45) is 5.81. The molecule has 182 valence electrons. The fourth-order valence-electron chi connectivity index (χ4n) is 5.58. The number of rotatable bonds is 8. The van der Waals surface area contributed by atoms with Crippen molar-refractivity contribution in [2.24, 2.45) is 11.8 Å². The number of fused-ring (bicyclic) bond motifs is 2. The molecule has 0 heterocycles. The lowest BCUT2D eigenvalue weighted by Gasteiger charge is -2.35. The number of amides is 1. The molecule has 0 bridgehead atoms. The summed E-state index contributed by atoms with van der Waals surface area (Å²) < 4.78 is 0. The number of carbonyl (C=O) groups is 2. The Hall–Kier alpha value is -3.20.